The molecule has 0 radical (unpaired) electrons. The summed E-state index contributed by atoms with van der Waals surface area (Å²) in [5.41, 5.74) is 0.629. The first-order valence-corrected chi connectivity index (χ1v) is 8.35. The van der Waals surface area contributed by atoms with E-state index < -0.39 is 0 Å². The Morgan fingerprint density at radius 2 is 1.61 bits per heavy atom. The standard InChI is InChI=1S/C20H23NO2/c1-21(16-10-4-2-5-11-16)20(22)18-14-8-9-15-19(18)23-17-12-6-3-7-13-17/h3,6-9,12-16H,2,4-5,10-11H2,1H3. The van der Waals surface area contributed by atoms with E-state index in [9.17, 15) is 4.79 Å². The minimum absolute atomic E-state index is 0.0448. The van der Waals surface area contributed by atoms with Gasteiger partial charge in [0.2, 0.25) is 0 Å². The Kier molecular flexibility index (Phi) is 4.96. The minimum atomic E-state index is 0.0448. The second kappa shape index (κ2) is 7.32. The van der Waals surface area contributed by atoms with E-state index in [1.807, 2.05) is 66.5 Å². The Balaban J connectivity index is 1.80. The van der Waals surface area contributed by atoms with E-state index in [2.05, 4.69) is 0 Å². The predicted molar refractivity (Wildman–Crippen MR) is 91.9 cm³/mol. The van der Waals surface area contributed by atoms with Gasteiger partial charge in [0.1, 0.15) is 11.5 Å². The lowest BCUT2D eigenvalue weighted by atomic mass is 9.94. The van der Waals surface area contributed by atoms with E-state index in [0.717, 1.165) is 18.6 Å². The summed E-state index contributed by atoms with van der Waals surface area (Å²) in [5, 5.41) is 0. The molecule has 1 fully saturated rings. The van der Waals surface area contributed by atoms with Crippen molar-refractivity contribution >= 4 is 5.91 Å². The number of amides is 1. The van der Waals surface area contributed by atoms with Gasteiger partial charge in [-0.1, -0.05) is 49.6 Å². The maximum atomic E-state index is 12.9. The molecule has 0 aromatic heterocycles. The Labute approximate surface area is 137 Å². The number of hydrogen-bond donors (Lipinski definition) is 0. The van der Waals surface area contributed by atoms with Crippen LogP contribution >= 0.6 is 0 Å². The summed E-state index contributed by atoms with van der Waals surface area (Å²) in [5.74, 6) is 1.41. The summed E-state index contributed by atoms with van der Waals surface area (Å²) in [6.45, 7) is 0. The molecular formula is C20H23NO2. The van der Waals surface area contributed by atoms with Gasteiger partial charge in [0, 0.05) is 13.1 Å². The topological polar surface area (TPSA) is 29.5 Å². The molecule has 120 valence electrons. The summed E-state index contributed by atoms with van der Waals surface area (Å²) in [6, 6.07) is 17.4. The number of benzene rings is 2. The Hall–Kier alpha value is -2.29. The highest BCUT2D eigenvalue weighted by atomic mass is 16.5. The molecule has 3 nitrogen and oxygen atoms in total. The van der Waals surface area contributed by atoms with Gasteiger partial charge in [-0.3, -0.25) is 4.79 Å². The summed E-state index contributed by atoms with van der Waals surface area (Å²) >= 11 is 0. The zero-order valence-corrected chi connectivity index (χ0v) is 13.6. The SMILES string of the molecule is CN(C(=O)c1ccccc1Oc1ccccc1)C1CCCCC1. The summed E-state index contributed by atoms with van der Waals surface area (Å²) < 4.78 is 5.92. The average molecular weight is 309 g/mol. The smallest absolute Gasteiger partial charge is 0.257 e. The number of rotatable bonds is 4. The second-order valence-corrected chi connectivity index (χ2v) is 6.12. The van der Waals surface area contributed by atoms with Gasteiger partial charge in [-0.25, -0.2) is 0 Å². The van der Waals surface area contributed by atoms with Crippen LogP contribution < -0.4 is 4.74 Å². The van der Waals surface area contributed by atoms with Crippen molar-refractivity contribution in [2.24, 2.45) is 0 Å². The zero-order valence-electron chi connectivity index (χ0n) is 13.6. The Morgan fingerprint density at radius 1 is 0.957 bits per heavy atom. The van der Waals surface area contributed by atoms with Gasteiger partial charge in [0.15, 0.2) is 0 Å². The second-order valence-electron chi connectivity index (χ2n) is 6.12. The summed E-state index contributed by atoms with van der Waals surface area (Å²) in [6.07, 6.45) is 5.91. The molecule has 1 amide bonds. The molecule has 0 aliphatic heterocycles. The van der Waals surface area contributed by atoms with Crippen LogP contribution in [0.5, 0.6) is 11.5 Å². The average Bonchev–Trinajstić information content (AvgIpc) is 2.62. The fraction of sp³-hybridized carbons (Fsp3) is 0.350. The molecule has 0 atom stereocenters. The van der Waals surface area contributed by atoms with Crippen molar-refractivity contribution in [3.63, 3.8) is 0 Å². The summed E-state index contributed by atoms with van der Waals surface area (Å²) in [7, 11) is 1.91. The fourth-order valence-electron chi connectivity index (χ4n) is 3.17. The van der Waals surface area contributed by atoms with Crippen LogP contribution in [0.25, 0.3) is 0 Å². The molecule has 1 aliphatic rings. The van der Waals surface area contributed by atoms with E-state index in [0.29, 0.717) is 17.4 Å². The molecule has 0 unspecified atom stereocenters. The summed E-state index contributed by atoms with van der Waals surface area (Å²) in [4.78, 5) is 14.8. The van der Waals surface area contributed by atoms with Crippen molar-refractivity contribution in [3.05, 3.63) is 60.2 Å². The van der Waals surface area contributed by atoms with Gasteiger partial charge in [-0.2, -0.15) is 0 Å². The van der Waals surface area contributed by atoms with Crippen molar-refractivity contribution in [3.8, 4) is 11.5 Å². The zero-order chi connectivity index (χ0) is 16.1. The monoisotopic (exact) mass is 309 g/mol. The van der Waals surface area contributed by atoms with Crippen LogP contribution in [0.3, 0.4) is 0 Å². The normalized spacial score (nSPS) is 15.2. The van der Waals surface area contributed by atoms with E-state index in [4.69, 9.17) is 4.74 Å². The molecule has 1 aliphatic carbocycles. The molecule has 3 heteroatoms. The number of carbonyl (C=O) groups is 1. The Morgan fingerprint density at radius 3 is 2.35 bits per heavy atom. The van der Waals surface area contributed by atoms with Crippen LogP contribution in [0.4, 0.5) is 0 Å². The van der Waals surface area contributed by atoms with E-state index in [1.54, 1.807) is 0 Å². The predicted octanol–water partition coefficient (Wildman–Crippen LogP) is 4.88. The molecule has 2 aromatic carbocycles. The number of hydrogen-bond acceptors (Lipinski definition) is 2. The van der Waals surface area contributed by atoms with Gasteiger partial charge < -0.3 is 9.64 Å². The van der Waals surface area contributed by atoms with E-state index >= 15 is 0 Å². The van der Waals surface area contributed by atoms with Gasteiger partial charge >= 0.3 is 0 Å². The molecule has 0 spiro atoms. The third kappa shape index (κ3) is 3.73. The Bertz CT molecular complexity index is 648. The number of nitrogens with zero attached hydrogens (tertiary/aromatic N) is 1. The van der Waals surface area contributed by atoms with Crippen LogP contribution in [0.2, 0.25) is 0 Å². The van der Waals surface area contributed by atoms with Gasteiger partial charge in [0.05, 0.1) is 5.56 Å². The minimum Gasteiger partial charge on any atom is -0.457 e. The third-order valence-electron chi connectivity index (χ3n) is 4.53. The number of ether oxygens (including phenoxy) is 1. The molecule has 0 heterocycles. The molecular weight excluding hydrogens is 286 g/mol. The highest BCUT2D eigenvalue weighted by molar-refractivity contribution is 5.97. The van der Waals surface area contributed by atoms with Crippen molar-refractivity contribution in [2.45, 2.75) is 38.1 Å². The van der Waals surface area contributed by atoms with Gasteiger partial charge in [-0.15, -0.1) is 0 Å². The highest BCUT2D eigenvalue weighted by Crippen LogP contribution is 2.28. The molecule has 0 saturated heterocycles. The van der Waals surface area contributed by atoms with Crippen LogP contribution in [0.15, 0.2) is 54.6 Å². The lowest BCUT2D eigenvalue weighted by molar-refractivity contribution is 0.0693. The van der Waals surface area contributed by atoms with Crippen molar-refractivity contribution in [1.82, 2.24) is 4.90 Å². The lowest BCUT2D eigenvalue weighted by Gasteiger charge is -2.31. The first-order chi connectivity index (χ1) is 11.3. The molecule has 3 rings (SSSR count). The van der Waals surface area contributed by atoms with E-state index in [-0.39, 0.29) is 5.91 Å². The van der Waals surface area contributed by atoms with Crippen LogP contribution in [-0.4, -0.2) is 23.9 Å². The fourth-order valence-corrected chi connectivity index (χ4v) is 3.17. The van der Waals surface area contributed by atoms with Crippen LogP contribution in [0, 0.1) is 0 Å². The quantitative estimate of drug-likeness (QED) is 0.805. The third-order valence-corrected chi connectivity index (χ3v) is 4.53. The molecule has 2 aromatic rings. The van der Waals surface area contributed by atoms with E-state index in [1.165, 1.54) is 19.3 Å². The van der Waals surface area contributed by atoms with Crippen molar-refractivity contribution in [1.29, 1.82) is 0 Å². The van der Waals surface area contributed by atoms with Crippen LogP contribution in [-0.2, 0) is 0 Å². The van der Waals surface area contributed by atoms with Crippen molar-refractivity contribution < 1.29 is 9.53 Å². The molecule has 0 bridgehead atoms. The maximum absolute atomic E-state index is 12.9. The number of carbonyl (C=O) groups excluding carboxylic acids is 1. The lowest BCUT2D eigenvalue weighted by Crippen LogP contribution is -2.38. The largest absolute Gasteiger partial charge is 0.457 e. The molecule has 0 N–H and O–H groups in total. The molecule has 23 heavy (non-hydrogen) atoms. The van der Waals surface area contributed by atoms with Crippen molar-refractivity contribution in [2.75, 3.05) is 7.05 Å². The first kappa shape index (κ1) is 15.6. The maximum Gasteiger partial charge on any atom is 0.257 e. The first-order valence-electron chi connectivity index (χ1n) is 8.35. The van der Waals surface area contributed by atoms with Gasteiger partial charge in [0.25, 0.3) is 5.91 Å². The highest BCUT2D eigenvalue weighted by Gasteiger charge is 2.24. The number of para-hydroxylation sites is 2. The van der Waals surface area contributed by atoms with Crippen LogP contribution in [0.1, 0.15) is 42.5 Å². The van der Waals surface area contributed by atoms with Gasteiger partial charge in [-0.05, 0) is 37.1 Å². The molecule has 1 saturated carbocycles.